The highest BCUT2D eigenvalue weighted by Crippen LogP contribution is 2.19. The summed E-state index contributed by atoms with van der Waals surface area (Å²) in [4.78, 5) is 23.8. The fourth-order valence-corrected chi connectivity index (χ4v) is 2.80. The van der Waals surface area contributed by atoms with Gasteiger partial charge in [-0.25, -0.2) is 8.42 Å². The molecule has 0 heterocycles. The van der Waals surface area contributed by atoms with Crippen molar-refractivity contribution in [1.82, 2.24) is 5.32 Å². The van der Waals surface area contributed by atoms with Gasteiger partial charge in [-0.15, -0.1) is 0 Å². The second-order valence-corrected chi connectivity index (χ2v) is 7.54. The molecule has 2 amide bonds. The van der Waals surface area contributed by atoms with E-state index in [1.54, 1.807) is 24.3 Å². The van der Waals surface area contributed by atoms with Crippen molar-refractivity contribution in [2.45, 2.75) is 11.8 Å². The summed E-state index contributed by atoms with van der Waals surface area (Å²) in [5.41, 5.74) is 0.690. The summed E-state index contributed by atoms with van der Waals surface area (Å²) in [7, 11) is -3.40. The summed E-state index contributed by atoms with van der Waals surface area (Å²) >= 11 is 0. The average Bonchev–Trinajstić information content (AvgIpc) is 2.60. The van der Waals surface area contributed by atoms with Crippen LogP contribution in [0, 0.1) is 0 Å². The molecule has 0 unspecified atom stereocenters. The maximum Gasteiger partial charge on any atom is 0.257 e. The maximum atomic E-state index is 12.3. The Bertz CT molecular complexity index is 909. The number of likely N-dealkylation sites (N-methyl/N-ethyl adjacent to an activating group) is 1. The highest BCUT2D eigenvalue weighted by molar-refractivity contribution is 7.90. The Morgan fingerprint density at radius 3 is 2.50 bits per heavy atom. The van der Waals surface area contributed by atoms with Gasteiger partial charge in [0.25, 0.3) is 11.8 Å². The summed E-state index contributed by atoms with van der Waals surface area (Å²) in [6, 6.07) is 12.4. The molecule has 0 radical (unpaired) electrons. The smallest absolute Gasteiger partial charge is 0.257 e. The van der Waals surface area contributed by atoms with E-state index in [4.69, 9.17) is 4.74 Å². The van der Waals surface area contributed by atoms with Crippen molar-refractivity contribution in [2.24, 2.45) is 0 Å². The molecule has 0 aromatic heterocycles. The van der Waals surface area contributed by atoms with Crippen LogP contribution >= 0.6 is 0 Å². The largest absolute Gasteiger partial charge is 0.484 e. The summed E-state index contributed by atoms with van der Waals surface area (Å²) in [5.74, 6) is -0.255. The molecule has 0 aliphatic heterocycles. The Balaban J connectivity index is 2.08. The average molecular weight is 376 g/mol. The zero-order valence-electron chi connectivity index (χ0n) is 14.5. The van der Waals surface area contributed by atoms with Gasteiger partial charge in [-0.3, -0.25) is 9.59 Å². The Kier molecular flexibility index (Phi) is 6.35. The van der Waals surface area contributed by atoms with Crippen LogP contribution in [0.4, 0.5) is 5.69 Å². The molecular weight excluding hydrogens is 356 g/mol. The van der Waals surface area contributed by atoms with Crippen molar-refractivity contribution in [2.75, 3.05) is 24.7 Å². The number of carbonyl (C=O) groups is 2. The summed E-state index contributed by atoms with van der Waals surface area (Å²) in [6.45, 7) is 2.21. The molecule has 2 N–H and O–H groups in total. The number of nitrogens with one attached hydrogen (secondary N) is 2. The van der Waals surface area contributed by atoms with E-state index in [0.717, 1.165) is 6.26 Å². The van der Waals surface area contributed by atoms with Crippen molar-refractivity contribution in [3.8, 4) is 5.75 Å². The first-order valence-electron chi connectivity index (χ1n) is 7.90. The predicted molar refractivity (Wildman–Crippen MR) is 98.1 cm³/mol. The highest BCUT2D eigenvalue weighted by atomic mass is 32.2. The number of ether oxygens (including phenoxy) is 1. The van der Waals surface area contributed by atoms with Gasteiger partial charge in [0.05, 0.1) is 4.90 Å². The van der Waals surface area contributed by atoms with E-state index < -0.39 is 15.7 Å². The molecule has 0 aliphatic rings. The molecule has 2 rings (SSSR count). The van der Waals surface area contributed by atoms with Gasteiger partial charge >= 0.3 is 0 Å². The van der Waals surface area contributed by atoms with Gasteiger partial charge in [-0.2, -0.15) is 0 Å². The standard InChI is InChI=1S/C18H20N2O5S/c1-3-19-17(21)12-25-15-8-5-7-14(11-15)20-18(22)13-6-4-9-16(10-13)26(2,23)24/h4-11H,3,12H2,1-2H3,(H,19,21)(H,20,22). The van der Waals surface area contributed by atoms with Crippen molar-refractivity contribution in [3.05, 3.63) is 54.1 Å². The number of hydrogen-bond donors (Lipinski definition) is 2. The minimum Gasteiger partial charge on any atom is -0.484 e. The van der Waals surface area contributed by atoms with Crippen LogP contribution < -0.4 is 15.4 Å². The molecule has 0 atom stereocenters. The predicted octanol–water partition coefficient (Wildman–Crippen LogP) is 1.86. The summed E-state index contributed by atoms with van der Waals surface area (Å²) in [6.07, 6.45) is 1.08. The van der Waals surface area contributed by atoms with Crippen LogP contribution in [-0.4, -0.2) is 39.6 Å². The number of rotatable bonds is 7. The number of hydrogen-bond acceptors (Lipinski definition) is 5. The third kappa shape index (κ3) is 5.59. The lowest BCUT2D eigenvalue weighted by Gasteiger charge is -2.09. The molecular formula is C18H20N2O5S. The van der Waals surface area contributed by atoms with E-state index in [1.165, 1.54) is 24.3 Å². The molecule has 26 heavy (non-hydrogen) atoms. The number of benzene rings is 2. The molecule has 2 aromatic carbocycles. The van der Waals surface area contributed by atoms with Crippen molar-refractivity contribution in [3.63, 3.8) is 0 Å². The summed E-state index contributed by atoms with van der Waals surface area (Å²) < 4.78 is 28.6. The molecule has 0 bridgehead atoms. The van der Waals surface area contributed by atoms with Crippen molar-refractivity contribution < 1.29 is 22.7 Å². The Labute approximate surface area is 152 Å². The number of sulfone groups is 1. The monoisotopic (exact) mass is 376 g/mol. The van der Waals surface area contributed by atoms with E-state index >= 15 is 0 Å². The van der Waals surface area contributed by atoms with Gasteiger partial charge in [0, 0.05) is 30.1 Å². The third-order valence-corrected chi connectivity index (χ3v) is 4.47. The van der Waals surface area contributed by atoms with Gasteiger partial charge in [0.1, 0.15) is 5.75 Å². The van der Waals surface area contributed by atoms with E-state index in [0.29, 0.717) is 18.0 Å². The topological polar surface area (TPSA) is 102 Å². The third-order valence-electron chi connectivity index (χ3n) is 3.36. The van der Waals surface area contributed by atoms with Gasteiger partial charge in [0.2, 0.25) is 0 Å². The van der Waals surface area contributed by atoms with Crippen LogP contribution in [0.2, 0.25) is 0 Å². The zero-order chi connectivity index (χ0) is 19.2. The minimum atomic E-state index is -3.40. The first kappa shape index (κ1) is 19.5. The molecule has 7 nitrogen and oxygen atoms in total. The Hall–Kier alpha value is -2.87. The molecule has 0 saturated heterocycles. The lowest BCUT2D eigenvalue weighted by molar-refractivity contribution is -0.122. The minimum absolute atomic E-state index is 0.0733. The van der Waals surface area contributed by atoms with Crippen LogP contribution in [0.1, 0.15) is 17.3 Å². The van der Waals surface area contributed by atoms with Gasteiger partial charge in [-0.1, -0.05) is 12.1 Å². The number of carbonyl (C=O) groups excluding carboxylic acids is 2. The molecule has 0 fully saturated rings. The fourth-order valence-electron chi connectivity index (χ4n) is 2.13. The molecule has 2 aromatic rings. The van der Waals surface area contributed by atoms with E-state index in [1.807, 2.05) is 6.92 Å². The van der Waals surface area contributed by atoms with Gasteiger partial charge < -0.3 is 15.4 Å². The highest BCUT2D eigenvalue weighted by Gasteiger charge is 2.12. The lowest BCUT2D eigenvalue weighted by atomic mass is 10.2. The van der Waals surface area contributed by atoms with Crippen molar-refractivity contribution in [1.29, 1.82) is 0 Å². The van der Waals surface area contributed by atoms with Gasteiger partial charge in [-0.05, 0) is 37.3 Å². The Morgan fingerprint density at radius 1 is 1.08 bits per heavy atom. The first-order chi connectivity index (χ1) is 12.3. The van der Waals surface area contributed by atoms with Crippen LogP contribution in [0.5, 0.6) is 5.75 Å². The SMILES string of the molecule is CCNC(=O)COc1cccc(NC(=O)c2cccc(S(C)(=O)=O)c2)c1. The van der Waals surface area contributed by atoms with Crippen molar-refractivity contribution >= 4 is 27.3 Å². The zero-order valence-corrected chi connectivity index (χ0v) is 15.3. The fraction of sp³-hybridized carbons (Fsp3) is 0.222. The molecule has 138 valence electrons. The van der Waals surface area contributed by atoms with E-state index in [-0.39, 0.29) is 23.0 Å². The normalized spacial score (nSPS) is 10.8. The number of anilines is 1. The van der Waals surface area contributed by atoms with Crippen LogP contribution in [0.25, 0.3) is 0 Å². The summed E-state index contributed by atoms with van der Waals surface area (Å²) in [5, 5.41) is 5.29. The number of amides is 2. The second kappa shape index (κ2) is 8.48. The molecule has 8 heteroatoms. The molecule has 0 saturated carbocycles. The first-order valence-corrected chi connectivity index (χ1v) is 9.80. The van der Waals surface area contributed by atoms with Gasteiger partial charge in [0.15, 0.2) is 16.4 Å². The Morgan fingerprint density at radius 2 is 1.81 bits per heavy atom. The van der Waals surface area contributed by atoms with Crippen LogP contribution in [-0.2, 0) is 14.6 Å². The van der Waals surface area contributed by atoms with E-state index in [2.05, 4.69) is 10.6 Å². The quantitative estimate of drug-likeness (QED) is 0.768. The maximum absolute atomic E-state index is 12.3. The lowest BCUT2D eigenvalue weighted by Crippen LogP contribution is -2.28. The van der Waals surface area contributed by atoms with Crippen LogP contribution in [0.15, 0.2) is 53.4 Å². The molecule has 0 spiro atoms. The molecule has 0 aliphatic carbocycles. The van der Waals surface area contributed by atoms with E-state index in [9.17, 15) is 18.0 Å². The van der Waals surface area contributed by atoms with Crippen LogP contribution in [0.3, 0.4) is 0 Å². The second-order valence-electron chi connectivity index (χ2n) is 5.52.